The van der Waals surface area contributed by atoms with Crippen LogP contribution in [0.25, 0.3) is 22.3 Å². The molecule has 0 aromatic carbocycles. The molecule has 4 rings (SSSR count). The van der Waals surface area contributed by atoms with Crippen molar-refractivity contribution in [2.75, 3.05) is 13.1 Å². The third-order valence-electron chi connectivity index (χ3n) is 4.37. The smallest absolute Gasteiger partial charge is 0.357 e. The average Bonchev–Trinajstić information content (AvgIpc) is 3.09. The predicted molar refractivity (Wildman–Crippen MR) is 88.4 cm³/mol. The van der Waals surface area contributed by atoms with Crippen molar-refractivity contribution in [2.24, 2.45) is 5.92 Å². The minimum Gasteiger partial charge on any atom is -0.357 e. The zero-order chi connectivity index (χ0) is 18.3. The summed E-state index contributed by atoms with van der Waals surface area (Å²) in [4.78, 5) is 27.6. The van der Waals surface area contributed by atoms with Gasteiger partial charge in [0.15, 0.2) is 0 Å². The summed E-state index contributed by atoms with van der Waals surface area (Å²) in [5, 5.41) is 0.774. The number of hydrogen-bond donors (Lipinski definition) is 2. The number of nitrogens with zero attached hydrogens (tertiary/aromatic N) is 3. The lowest BCUT2D eigenvalue weighted by molar-refractivity contribution is -0.141. The Morgan fingerprint density at radius 3 is 2.81 bits per heavy atom. The summed E-state index contributed by atoms with van der Waals surface area (Å²) < 4.78 is 38.5. The van der Waals surface area contributed by atoms with Crippen LogP contribution in [0.1, 0.15) is 23.3 Å². The fraction of sp³-hybridized carbons (Fsp3) is 0.353. The third kappa shape index (κ3) is 3.42. The van der Waals surface area contributed by atoms with Crippen LogP contribution in [-0.2, 0) is 0 Å². The van der Waals surface area contributed by atoms with Crippen LogP contribution in [0.3, 0.4) is 0 Å². The molecule has 3 aromatic heterocycles. The van der Waals surface area contributed by atoms with Crippen molar-refractivity contribution in [3.63, 3.8) is 0 Å². The maximum atomic E-state index is 12.8. The number of carbonyl (C=O) groups is 1. The van der Waals surface area contributed by atoms with Crippen molar-refractivity contribution in [2.45, 2.75) is 19.0 Å². The fourth-order valence-corrected chi connectivity index (χ4v) is 2.98. The van der Waals surface area contributed by atoms with Crippen LogP contribution in [0.15, 0.2) is 30.9 Å². The Balaban J connectivity index is 1.61. The highest BCUT2D eigenvalue weighted by Crippen LogP contribution is 2.32. The number of amides is 1. The SMILES string of the molecule is O=C(c1cc(-c2ncnc3[nH]ccc23)c[nH]1)N(CC1CC1)CC(F)(F)F. The Morgan fingerprint density at radius 2 is 2.08 bits per heavy atom. The van der Waals surface area contributed by atoms with Crippen molar-refractivity contribution in [3.8, 4) is 11.3 Å². The average molecular weight is 363 g/mol. The van der Waals surface area contributed by atoms with Gasteiger partial charge in [0.25, 0.3) is 5.91 Å². The first kappa shape index (κ1) is 16.6. The number of rotatable bonds is 5. The molecule has 0 unspecified atom stereocenters. The van der Waals surface area contributed by atoms with Crippen molar-refractivity contribution >= 4 is 16.9 Å². The van der Waals surface area contributed by atoms with E-state index in [2.05, 4.69) is 19.9 Å². The van der Waals surface area contributed by atoms with Crippen LogP contribution < -0.4 is 0 Å². The van der Waals surface area contributed by atoms with E-state index in [4.69, 9.17) is 0 Å². The Hall–Kier alpha value is -2.84. The summed E-state index contributed by atoms with van der Waals surface area (Å²) in [6, 6.07) is 3.34. The van der Waals surface area contributed by atoms with E-state index in [0.29, 0.717) is 16.9 Å². The van der Waals surface area contributed by atoms with Crippen molar-refractivity contribution < 1.29 is 18.0 Å². The molecule has 6 nitrogen and oxygen atoms in total. The molecule has 0 bridgehead atoms. The summed E-state index contributed by atoms with van der Waals surface area (Å²) >= 11 is 0. The predicted octanol–water partition coefficient (Wildman–Crippen LogP) is 3.37. The van der Waals surface area contributed by atoms with E-state index in [9.17, 15) is 18.0 Å². The van der Waals surface area contributed by atoms with Gasteiger partial charge in [-0.25, -0.2) is 9.97 Å². The highest BCUT2D eigenvalue weighted by atomic mass is 19.4. The van der Waals surface area contributed by atoms with Crippen molar-refractivity contribution in [1.29, 1.82) is 0 Å². The topological polar surface area (TPSA) is 77.7 Å². The van der Waals surface area contributed by atoms with Gasteiger partial charge in [0.05, 0.1) is 5.69 Å². The molecule has 0 atom stereocenters. The van der Waals surface area contributed by atoms with Crippen LogP contribution >= 0.6 is 0 Å². The molecular weight excluding hydrogens is 347 g/mol. The van der Waals surface area contributed by atoms with E-state index in [0.717, 1.165) is 23.1 Å². The first-order valence-electron chi connectivity index (χ1n) is 8.23. The number of hydrogen-bond acceptors (Lipinski definition) is 3. The molecule has 136 valence electrons. The van der Waals surface area contributed by atoms with Gasteiger partial charge in [-0.15, -0.1) is 0 Å². The largest absolute Gasteiger partial charge is 0.406 e. The van der Waals surface area contributed by atoms with Crippen LogP contribution in [0.5, 0.6) is 0 Å². The monoisotopic (exact) mass is 363 g/mol. The van der Waals surface area contributed by atoms with Crippen LogP contribution in [0.2, 0.25) is 0 Å². The van der Waals surface area contributed by atoms with Gasteiger partial charge in [-0.1, -0.05) is 0 Å². The quantitative estimate of drug-likeness (QED) is 0.730. The summed E-state index contributed by atoms with van der Waals surface area (Å²) in [5.41, 5.74) is 2.00. The van der Waals surface area contributed by atoms with Crippen molar-refractivity contribution in [3.05, 3.63) is 36.5 Å². The first-order chi connectivity index (χ1) is 12.4. The van der Waals surface area contributed by atoms with Gasteiger partial charge in [0.1, 0.15) is 24.2 Å². The number of aromatic nitrogens is 4. The molecule has 1 aliphatic rings. The van der Waals surface area contributed by atoms with E-state index in [-0.39, 0.29) is 18.2 Å². The molecule has 0 radical (unpaired) electrons. The maximum absolute atomic E-state index is 12.8. The molecule has 0 aliphatic heterocycles. The highest BCUT2D eigenvalue weighted by molar-refractivity contribution is 5.96. The Bertz CT molecular complexity index is 941. The number of aromatic amines is 2. The number of alkyl halides is 3. The van der Waals surface area contributed by atoms with E-state index in [1.54, 1.807) is 12.4 Å². The zero-order valence-corrected chi connectivity index (χ0v) is 13.7. The van der Waals surface area contributed by atoms with Gasteiger partial charge in [-0.3, -0.25) is 4.79 Å². The molecule has 1 aliphatic carbocycles. The van der Waals surface area contributed by atoms with Gasteiger partial charge in [-0.05, 0) is 30.9 Å². The third-order valence-corrected chi connectivity index (χ3v) is 4.37. The summed E-state index contributed by atoms with van der Waals surface area (Å²) in [5.74, 6) is -0.489. The first-order valence-corrected chi connectivity index (χ1v) is 8.23. The second-order valence-corrected chi connectivity index (χ2v) is 6.51. The molecule has 3 heterocycles. The number of fused-ring (bicyclic) bond motifs is 1. The summed E-state index contributed by atoms with van der Waals surface area (Å²) in [6.45, 7) is -1.12. The van der Waals surface area contributed by atoms with Crippen LogP contribution in [0, 0.1) is 5.92 Å². The normalized spacial score (nSPS) is 14.7. The molecule has 9 heteroatoms. The van der Waals surface area contributed by atoms with E-state index in [1.807, 2.05) is 6.07 Å². The van der Waals surface area contributed by atoms with E-state index in [1.165, 1.54) is 12.4 Å². The van der Waals surface area contributed by atoms with Gasteiger partial charge in [0.2, 0.25) is 0 Å². The Labute approximate surface area is 146 Å². The molecule has 3 aromatic rings. The molecular formula is C17H16F3N5O. The lowest BCUT2D eigenvalue weighted by atomic mass is 10.1. The van der Waals surface area contributed by atoms with E-state index < -0.39 is 18.6 Å². The van der Waals surface area contributed by atoms with Gasteiger partial charge >= 0.3 is 6.18 Å². The van der Waals surface area contributed by atoms with Crippen LogP contribution in [-0.4, -0.2) is 50.0 Å². The van der Waals surface area contributed by atoms with E-state index >= 15 is 0 Å². The lowest BCUT2D eigenvalue weighted by Crippen LogP contribution is -2.40. The number of halogens is 3. The highest BCUT2D eigenvalue weighted by Gasteiger charge is 2.36. The van der Waals surface area contributed by atoms with Gasteiger partial charge in [0, 0.05) is 29.9 Å². The Kier molecular flexibility index (Phi) is 3.93. The molecule has 1 saturated carbocycles. The minimum atomic E-state index is -4.43. The molecule has 1 fully saturated rings. The second kappa shape index (κ2) is 6.15. The molecule has 0 spiro atoms. The molecule has 26 heavy (non-hydrogen) atoms. The number of H-pyrrole nitrogens is 2. The zero-order valence-electron chi connectivity index (χ0n) is 13.7. The van der Waals surface area contributed by atoms with Crippen molar-refractivity contribution in [1.82, 2.24) is 24.8 Å². The fourth-order valence-electron chi connectivity index (χ4n) is 2.98. The summed E-state index contributed by atoms with van der Waals surface area (Å²) in [7, 11) is 0. The molecule has 2 N–H and O–H groups in total. The minimum absolute atomic E-state index is 0.118. The molecule has 0 saturated heterocycles. The molecule has 1 amide bonds. The standard InChI is InChI=1S/C17H16F3N5O/c18-17(19,20)8-25(7-10-1-2-10)16(26)13-5-11(6-22-13)14-12-3-4-21-15(12)24-9-23-14/h3-6,9-10,22H,1-2,7-8H2,(H,21,23,24). The number of nitrogens with one attached hydrogen (secondary N) is 2. The second-order valence-electron chi connectivity index (χ2n) is 6.51. The summed E-state index contributed by atoms with van der Waals surface area (Å²) in [6.07, 6.45) is 2.00. The Morgan fingerprint density at radius 1 is 1.27 bits per heavy atom. The lowest BCUT2D eigenvalue weighted by Gasteiger charge is -2.23. The van der Waals surface area contributed by atoms with Crippen LogP contribution in [0.4, 0.5) is 13.2 Å². The van der Waals surface area contributed by atoms with Gasteiger partial charge in [-0.2, -0.15) is 13.2 Å². The number of carbonyl (C=O) groups excluding carboxylic acids is 1. The maximum Gasteiger partial charge on any atom is 0.406 e. The van der Waals surface area contributed by atoms with Gasteiger partial charge < -0.3 is 14.9 Å².